The largest absolute Gasteiger partial charge is 1.00 e. The van der Waals surface area contributed by atoms with E-state index in [0.717, 1.165) is 30.5 Å². The van der Waals surface area contributed by atoms with Crippen LogP contribution in [0.25, 0.3) is 0 Å². The van der Waals surface area contributed by atoms with Gasteiger partial charge in [0.25, 0.3) is 0 Å². The van der Waals surface area contributed by atoms with E-state index in [4.69, 9.17) is 4.74 Å². The van der Waals surface area contributed by atoms with Crippen LogP contribution < -0.4 is 66.1 Å². The van der Waals surface area contributed by atoms with Crippen molar-refractivity contribution >= 4 is 27.6 Å². The van der Waals surface area contributed by atoms with E-state index in [1.165, 1.54) is 36.3 Å². The standard InChI is InChI=1S/C24H30N4O6S.K/c1-25-11-13-26(14-12-25)17-23(29)27-16-22(24(30)31)28(15-18-5-3-4-6-21(18)27)35(32,33)20-9-7-19(34-2)8-10-20;/h3-10,22H,11-17H2,1-2H3,(H,30,31);/q;+1/p-1. The van der Waals surface area contributed by atoms with Gasteiger partial charge in [0.15, 0.2) is 0 Å². The van der Waals surface area contributed by atoms with Crippen LogP contribution in [-0.4, -0.2) is 93.9 Å². The van der Waals surface area contributed by atoms with Gasteiger partial charge in [-0.05, 0) is 42.9 Å². The van der Waals surface area contributed by atoms with Crippen molar-refractivity contribution in [3.05, 3.63) is 54.1 Å². The summed E-state index contributed by atoms with van der Waals surface area (Å²) in [6.07, 6.45) is 0. The van der Waals surface area contributed by atoms with E-state index >= 15 is 0 Å². The maximum Gasteiger partial charge on any atom is 1.00 e. The second-order valence-corrected chi connectivity index (χ2v) is 10.7. The number of ether oxygens (including phenoxy) is 1. The summed E-state index contributed by atoms with van der Waals surface area (Å²) < 4.78 is 33.1. The molecule has 1 saturated heterocycles. The maximum absolute atomic E-state index is 13.6. The van der Waals surface area contributed by atoms with Gasteiger partial charge in [0.1, 0.15) is 5.75 Å². The summed E-state index contributed by atoms with van der Waals surface area (Å²) in [6.45, 7) is 2.67. The predicted octanol–water partition coefficient (Wildman–Crippen LogP) is -3.40. The molecular formula is C24H29KN4O6S. The molecule has 2 heterocycles. The molecule has 1 unspecified atom stereocenters. The Balaban J connectivity index is 0.00000361. The number of anilines is 1. The molecule has 188 valence electrons. The van der Waals surface area contributed by atoms with Gasteiger partial charge in [-0.25, -0.2) is 8.42 Å². The zero-order valence-corrected chi connectivity index (χ0v) is 24.7. The van der Waals surface area contributed by atoms with Gasteiger partial charge in [-0.1, -0.05) is 18.2 Å². The van der Waals surface area contributed by atoms with Gasteiger partial charge < -0.3 is 24.4 Å². The molecule has 2 aliphatic rings. The van der Waals surface area contributed by atoms with Crippen LogP contribution in [0.15, 0.2) is 53.4 Å². The molecule has 0 aliphatic carbocycles. The van der Waals surface area contributed by atoms with Gasteiger partial charge in [-0.3, -0.25) is 9.69 Å². The fourth-order valence-electron chi connectivity index (χ4n) is 4.39. The third kappa shape index (κ3) is 6.37. The summed E-state index contributed by atoms with van der Waals surface area (Å²) >= 11 is 0. The van der Waals surface area contributed by atoms with Crippen LogP contribution in [0, 0.1) is 0 Å². The number of methoxy groups -OCH3 is 1. The molecule has 0 N–H and O–H groups in total. The minimum atomic E-state index is -4.23. The molecule has 0 spiro atoms. The number of rotatable bonds is 6. The van der Waals surface area contributed by atoms with E-state index in [-0.39, 0.29) is 81.8 Å². The summed E-state index contributed by atoms with van der Waals surface area (Å²) in [5.74, 6) is -1.37. The first-order valence-electron chi connectivity index (χ1n) is 11.4. The number of carbonyl (C=O) groups is 2. The normalized spacial score (nSPS) is 19.6. The van der Waals surface area contributed by atoms with E-state index in [1.54, 1.807) is 24.3 Å². The number of likely N-dealkylation sites (N-methyl/N-ethyl adjacent to an activating group) is 1. The molecule has 12 heteroatoms. The number of nitrogens with zero attached hydrogens (tertiary/aromatic N) is 4. The van der Waals surface area contributed by atoms with Crippen LogP contribution in [0.2, 0.25) is 0 Å². The van der Waals surface area contributed by atoms with E-state index in [1.807, 2.05) is 11.9 Å². The third-order valence-corrected chi connectivity index (χ3v) is 8.37. The molecule has 0 saturated carbocycles. The van der Waals surface area contributed by atoms with Crippen LogP contribution in [0.3, 0.4) is 0 Å². The smallest absolute Gasteiger partial charge is 0.548 e. The van der Waals surface area contributed by atoms with E-state index in [2.05, 4.69) is 4.90 Å². The number of benzene rings is 2. The molecule has 36 heavy (non-hydrogen) atoms. The van der Waals surface area contributed by atoms with Gasteiger partial charge in [0.2, 0.25) is 15.9 Å². The summed E-state index contributed by atoms with van der Waals surface area (Å²) in [5.41, 5.74) is 1.05. The molecule has 0 radical (unpaired) electrons. The number of hydrogen-bond acceptors (Lipinski definition) is 8. The number of carbonyl (C=O) groups excluding carboxylic acids is 2. The van der Waals surface area contributed by atoms with Crippen molar-refractivity contribution in [2.24, 2.45) is 0 Å². The number of amides is 1. The van der Waals surface area contributed by atoms with Crippen molar-refractivity contribution in [3.8, 4) is 5.75 Å². The summed E-state index contributed by atoms with van der Waals surface area (Å²) in [5, 5.41) is 12.3. The molecule has 2 aromatic rings. The maximum atomic E-state index is 13.6. The Kier molecular flexibility index (Phi) is 10.1. The number of aliphatic carboxylic acids is 1. The van der Waals surface area contributed by atoms with Gasteiger partial charge in [-0.2, -0.15) is 4.31 Å². The quantitative estimate of drug-likeness (QED) is 0.349. The summed E-state index contributed by atoms with van der Waals surface area (Å²) in [6, 6.07) is 11.1. The molecule has 0 aromatic heterocycles. The Morgan fingerprint density at radius 1 is 1.03 bits per heavy atom. The predicted molar refractivity (Wildman–Crippen MR) is 127 cm³/mol. The second-order valence-electron chi connectivity index (χ2n) is 8.77. The number of carboxylic acids is 1. The number of hydrogen-bond donors (Lipinski definition) is 0. The van der Waals surface area contributed by atoms with E-state index < -0.39 is 22.0 Å². The van der Waals surface area contributed by atoms with Gasteiger partial charge >= 0.3 is 51.4 Å². The minimum Gasteiger partial charge on any atom is -0.548 e. The fraction of sp³-hybridized carbons (Fsp3) is 0.417. The fourth-order valence-corrected chi connectivity index (χ4v) is 5.94. The molecule has 4 rings (SSSR count). The Hall–Kier alpha value is -1.35. The number of fused-ring (bicyclic) bond motifs is 1. The van der Waals surface area contributed by atoms with Crippen LogP contribution >= 0.6 is 0 Å². The Labute approximate surface area is 254 Å². The van der Waals surface area contributed by atoms with E-state index in [9.17, 15) is 23.1 Å². The van der Waals surface area contributed by atoms with Crippen molar-refractivity contribution < 1.29 is 79.2 Å². The molecule has 2 aromatic carbocycles. The SMILES string of the molecule is COc1ccc(S(=O)(=O)N2Cc3ccccc3N(C(=O)CN3CCN(C)CC3)CC2C(=O)[O-])cc1.[K+]. The minimum absolute atomic E-state index is 0. The first-order chi connectivity index (χ1) is 16.7. The zero-order chi connectivity index (χ0) is 25.2. The average molecular weight is 541 g/mol. The average Bonchev–Trinajstić information content (AvgIpc) is 3.03. The van der Waals surface area contributed by atoms with Crippen molar-refractivity contribution in [1.29, 1.82) is 0 Å². The molecule has 0 bridgehead atoms. The second kappa shape index (κ2) is 12.5. The Morgan fingerprint density at radius 3 is 2.28 bits per heavy atom. The van der Waals surface area contributed by atoms with Crippen LogP contribution in [0.4, 0.5) is 5.69 Å². The summed E-state index contributed by atoms with van der Waals surface area (Å²) in [7, 11) is -0.739. The monoisotopic (exact) mass is 540 g/mol. The van der Waals surface area contributed by atoms with Crippen molar-refractivity contribution in [2.75, 3.05) is 58.3 Å². The number of sulfonamides is 1. The Morgan fingerprint density at radius 2 is 1.67 bits per heavy atom. The topological polar surface area (TPSA) is 114 Å². The van der Waals surface area contributed by atoms with Crippen molar-refractivity contribution in [3.63, 3.8) is 0 Å². The first kappa shape index (κ1) is 29.2. The van der Waals surface area contributed by atoms with Crippen LogP contribution in [0.5, 0.6) is 5.75 Å². The first-order valence-corrected chi connectivity index (χ1v) is 12.8. The number of para-hydroxylation sites is 1. The summed E-state index contributed by atoms with van der Waals surface area (Å²) in [4.78, 5) is 31.2. The molecule has 1 amide bonds. The van der Waals surface area contributed by atoms with E-state index in [0.29, 0.717) is 17.0 Å². The molecule has 10 nitrogen and oxygen atoms in total. The van der Waals surface area contributed by atoms with Crippen LogP contribution in [-0.2, 0) is 26.2 Å². The zero-order valence-electron chi connectivity index (χ0n) is 20.8. The molecule has 1 atom stereocenters. The van der Waals surface area contributed by atoms with Gasteiger partial charge in [0, 0.05) is 45.0 Å². The number of piperazine rings is 1. The Bertz CT molecular complexity index is 1190. The van der Waals surface area contributed by atoms with Gasteiger partial charge in [0.05, 0.1) is 30.6 Å². The molecule has 1 fully saturated rings. The van der Waals surface area contributed by atoms with Crippen LogP contribution in [0.1, 0.15) is 5.56 Å². The molecular weight excluding hydrogens is 511 g/mol. The third-order valence-electron chi connectivity index (χ3n) is 6.51. The van der Waals surface area contributed by atoms with Gasteiger partial charge in [-0.15, -0.1) is 0 Å². The van der Waals surface area contributed by atoms with Crippen molar-refractivity contribution in [1.82, 2.24) is 14.1 Å². The van der Waals surface area contributed by atoms with Crippen molar-refractivity contribution in [2.45, 2.75) is 17.5 Å². The molecule has 2 aliphatic heterocycles. The number of carboxylic acid groups (broad SMARTS) is 1.